The molecule has 3 nitrogen and oxygen atoms in total. The standard InChI is InChI=1S/C14H20N2O.ClH/c1-15-10-11-6-8-12(9-7-11)14(17)16-13-4-2-3-5-13;/h6-9,13,15H,2-5,10H2,1H3,(H,16,17);1H. The van der Waals surface area contributed by atoms with E-state index in [0.717, 1.165) is 24.9 Å². The van der Waals surface area contributed by atoms with E-state index in [1.165, 1.54) is 18.4 Å². The summed E-state index contributed by atoms with van der Waals surface area (Å²) >= 11 is 0. The second-order valence-electron chi connectivity index (χ2n) is 4.68. The van der Waals surface area contributed by atoms with Gasteiger partial charge in [-0.15, -0.1) is 12.4 Å². The highest BCUT2D eigenvalue weighted by Gasteiger charge is 2.17. The van der Waals surface area contributed by atoms with Crippen molar-refractivity contribution < 1.29 is 4.79 Å². The van der Waals surface area contributed by atoms with E-state index in [1.54, 1.807) is 0 Å². The number of carbonyl (C=O) groups excluding carboxylic acids is 1. The number of amides is 1. The molecular weight excluding hydrogens is 248 g/mol. The Balaban J connectivity index is 0.00000162. The molecule has 0 spiro atoms. The molecule has 4 heteroatoms. The van der Waals surface area contributed by atoms with Gasteiger partial charge in [0.2, 0.25) is 0 Å². The smallest absolute Gasteiger partial charge is 0.251 e. The first-order valence-electron chi connectivity index (χ1n) is 6.34. The van der Waals surface area contributed by atoms with Crippen molar-refractivity contribution >= 4 is 18.3 Å². The van der Waals surface area contributed by atoms with Crippen LogP contribution in [0.3, 0.4) is 0 Å². The van der Waals surface area contributed by atoms with Crippen molar-refractivity contribution in [3.05, 3.63) is 35.4 Å². The van der Waals surface area contributed by atoms with E-state index in [2.05, 4.69) is 10.6 Å². The molecule has 2 rings (SSSR count). The fourth-order valence-electron chi connectivity index (χ4n) is 2.32. The van der Waals surface area contributed by atoms with E-state index in [9.17, 15) is 4.79 Å². The molecule has 1 saturated carbocycles. The molecule has 1 amide bonds. The fraction of sp³-hybridized carbons (Fsp3) is 0.500. The van der Waals surface area contributed by atoms with Gasteiger partial charge < -0.3 is 10.6 Å². The monoisotopic (exact) mass is 268 g/mol. The molecule has 1 aromatic rings. The van der Waals surface area contributed by atoms with Gasteiger partial charge in [-0.05, 0) is 37.6 Å². The molecule has 0 atom stereocenters. The fourth-order valence-corrected chi connectivity index (χ4v) is 2.32. The zero-order valence-corrected chi connectivity index (χ0v) is 11.6. The lowest BCUT2D eigenvalue weighted by Gasteiger charge is -2.12. The van der Waals surface area contributed by atoms with Crippen molar-refractivity contribution in [3.8, 4) is 0 Å². The molecule has 100 valence electrons. The molecule has 0 heterocycles. The van der Waals surface area contributed by atoms with Crippen LogP contribution in [0.2, 0.25) is 0 Å². The number of hydrogen-bond donors (Lipinski definition) is 2. The van der Waals surface area contributed by atoms with Gasteiger partial charge in [-0.1, -0.05) is 25.0 Å². The van der Waals surface area contributed by atoms with Crippen molar-refractivity contribution in [2.24, 2.45) is 0 Å². The zero-order chi connectivity index (χ0) is 12.1. The second-order valence-corrected chi connectivity index (χ2v) is 4.68. The number of rotatable bonds is 4. The van der Waals surface area contributed by atoms with Gasteiger partial charge in [0.25, 0.3) is 5.91 Å². The van der Waals surface area contributed by atoms with Crippen molar-refractivity contribution in [2.75, 3.05) is 7.05 Å². The van der Waals surface area contributed by atoms with E-state index in [4.69, 9.17) is 0 Å². The summed E-state index contributed by atoms with van der Waals surface area (Å²) < 4.78 is 0. The summed E-state index contributed by atoms with van der Waals surface area (Å²) in [6.45, 7) is 0.838. The maximum absolute atomic E-state index is 11.9. The van der Waals surface area contributed by atoms with Crippen LogP contribution in [-0.4, -0.2) is 19.0 Å². The van der Waals surface area contributed by atoms with Gasteiger partial charge in [-0.25, -0.2) is 0 Å². The average molecular weight is 269 g/mol. The van der Waals surface area contributed by atoms with Gasteiger partial charge in [0.1, 0.15) is 0 Å². The van der Waals surface area contributed by atoms with Crippen molar-refractivity contribution in [1.29, 1.82) is 0 Å². The maximum Gasteiger partial charge on any atom is 0.251 e. The van der Waals surface area contributed by atoms with Gasteiger partial charge in [-0.2, -0.15) is 0 Å². The topological polar surface area (TPSA) is 41.1 Å². The molecule has 1 fully saturated rings. The molecule has 1 aliphatic carbocycles. The molecule has 1 aliphatic rings. The third-order valence-electron chi connectivity index (χ3n) is 3.29. The molecule has 0 aliphatic heterocycles. The van der Waals surface area contributed by atoms with Gasteiger partial charge in [0, 0.05) is 18.2 Å². The second kappa shape index (κ2) is 7.39. The molecule has 0 saturated heterocycles. The highest BCUT2D eigenvalue weighted by atomic mass is 35.5. The van der Waals surface area contributed by atoms with E-state index >= 15 is 0 Å². The van der Waals surface area contributed by atoms with Crippen molar-refractivity contribution in [2.45, 2.75) is 38.3 Å². The van der Waals surface area contributed by atoms with E-state index in [0.29, 0.717) is 6.04 Å². The third kappa shape index (κ3) is 4.00. The van der Waals surface area contributed by atoms with Crippen LogP contribution in [0.5, 0.6) is 0 Å². The Hall–Kier alpha value is -1.06. The van der Waals surface area contributed by atoms with Crippen LogP contribution in [0.4, 0.5) is 0 Å². The first-order valence-corrected chi connectivity index (χ1v) is 6.34. The van der Waals surface area contributed by atoms with Crippen LogP contribution >= 0.6 is 12.4 Å². The summed E-state index contributed by atoms with van der Waals surface area (Å²) in [5.41, 5.74) is 1.96. The Morgan fingerprint density at radius 3 is 2.39 bits per heavy atom. The highest BCUT2D eigenvalue weighted by molar-refractivity contribution is 5.94. The molecule has 18 heavy (non-hydrogen) atoms. The predicted octanol–water partition coefficient (Wildman–Crippen LogP) is 2.50. The number of halogens is 1. The number of nitrogens with one attached hydrogen (secondary N) is 2. The lowest BCUT2D eigenvalue weighted by Crippen LogP contribution is -2.32. The molecular formula is C14H21ClN2O. The minimum Gasteiger partial charge on any atom is -0.349 e. The van der Waals surface area contributed by atoms with E-state index < -0.39 is 0 Å². The molecule has 2 N–H and O–H groups in total. The van der Waals surface area contributed by atoms with Gasteiger partial charge in [0.15, 0.2) is 0 Å². The maximum atomic E-state index is 11.9. The predicted molar refractivity (Wildman–Crippen MR) is 76.2 cm³/mol. The summed E-state index contributed by atoms with van der Waals surface area (Å²) in [5.74, 6) is 0.0629. The van der Waals surface area contributed by atoms with E-state index in [1.807, 2.05) is 31.3 Å². The third-order valence-corrected chi connectivity index (χ3v) is 3.29. The lowest BCUT2D eigenvalue weighted by molar-refractivity contribution is 0.0938. The van der Waals surface area contributed by atoms with Gasteiger partial charge in [-0.3, -0.25) is 4.79 Å². The summed E-state index contributed by atoms with van der Waals surface area (Å²) in [7, 11) is 1.92. The minimum absolute atomic E-state index is 0. The van der Waals surface area contributed by atoms with Crippen LogP contribution in [0, 0.1) is 0 Å². The average Bonchev–Trinajstić information content (AvgIpc) is 2.83. The Labute approximate surface area is 115 Å². The molecule has 0 radical (unpaired) electrons. The van der Waals surface area contributed by atoms with Crippen LogP contribution in [0.25, 0.3) is 0 Å². The quantitative estimate of drug-likeness (QED) is 0.881. The highest BCUT2D eigenvalue weighted by Crippen LogP contribution is 2.18. The molecule has 0 aromatic heterocycles. The van der Waals surface area contributed by atoms with Crippen LogP contribution in [0.15, 0.2) is 24.3 Å². The summed E-state index contributed by atoms with van der Waals surface area (Å²) in [6, 6.07) is 8.19. The minimum atomic E-state index is 0. The Morgan fingerprint density at radius 2 is 1.83 bits per heavy atom. The first-order chi connectivity index (χ1) is 8.29. The van der Waals surface area contributed by atoms with Gasteiger partial charge in [0.05, 0.1) is 0 Å². The van der Waals surface area contributed by atoms with Crippen LogP contribution < -0.4 is 10.6 Å². The summed E-state index contributed by atoms with van der Waals surface area (Å²) in [6.07, 6.45) is 4.74. The lowest BCUT2D eigenvalue weighted by atomic mass is 10.1. The van der Waals surface area contributed by atoms with Crippen molar-refractivity contribution in [1.82, 2.24) is 10.6 Å². The number of carbonyl (C=O) groups is 1. The SMILES string of the molecule is CNCc1ccc(C(=O)NC2CCCC2)cc1.Cl. The Kier molecular flexibility index (Phi) is 6.16. The molecule has 0 unspecified atom stereocenters. The normalized spacial score (nSPS) is 15.2. The van der Waals surface area contributed by atoms with E-state index in [-0.39, 0.29) is 18.3 Å². The first kappa shape index (κ1) is 15.0. The van der Waals surface area contributed by atoms with Crippen LogP contribution in [-0.2, 0) is 6.54 Å². The number of benzene rings is 1. The summed E-state index contributed by atoms with van der Waals surface area (Å²) in [5, 5.41) is 6.18. The zero-order valence-electron chi connectivity index (χ0n) is 10.7. The molecule has 0 bridgehead atoms. The summed E-state index contributed by atoms with van der Waals surface area (Å²) in [4.78, 5) is 11.9. The molecule has 1 aromatic carbocycles. The number of hydrogen-bond acceptors (Lipinski definition) is 2. The Bertz CT molecular complexity index is 372. The van der Waals surface area contributed by atoms with Gasteiger partial charge >= 0.3 is 0 Å². The van der Waals surface area contributed by atoms with Crippen LogP contribution in [0.1, 0.15) is 41.6 Å². The van der Waals surface area contributed by atoms with Crippen molar-refractivity contribution in [3.63, 3.8) is 0 Å². The largest absolute Gasteiger partial charge is 0.349 e. The Morgan fingerprint density at radius 1 is 1.22 bits per heavy atom.